The Morgan fingerprint density at radius 3 is 3.00 bits per heavy atom. The summed E-state index contributed by atoms with van der Waals surface area (Å²) in [7, 11) is 0. The third kappa shape index (κ3) is 3.13. The van der Waals surface area contributed by atoms with Crippen molar-refractivity contribution in [3.63, 3.8) is 0 Å². The van der Waals surface area contributed by atoms with Crippen molar-refractivity contribution in [1.82, 2.24) is 20.6 Å². The maximum absolute atomic E-state index is 11.5. The number of aromatic amines is 1. The Bertz CT molecular complexity index is 679. The van der Waals surface area contributed by atoms with E-state index in [4.69, 9.17) is 5.73 Å². The second-order valence-electron chi connectivity index (χ2n) is 3.59. The Morgan fingerprint density at radius 2 is 2.35 bits per heavy atom. The Kier molecular flexibility index (Phi) is 3.65. The van der Waals surface area contributed by atoms with Gasteiger partial charge in [-0.1, -0.05) is 12.1 Å². The average molecular weight is 275 g/mol. The van der Waals surface area contributed by atoms with E-state index in [9.17, 15) is 14.9 Å². The van der Waals surface area contributed by atoms with E-state index in [1.807, 2.05) is 0 Å². The van der Waals surface area contributed by atoms with Crippen molar-refractivity contribution in [3.05, 3.63) is 45.8 Å². The molecule has 10 heteroatoms. The molecule has 0 aliphatic heterocycles. The van der Waals surface area contributed by atoms with Crippen LogP contribution in [0.3, 0.4) is 0 Å². The number of nitro benzene ring substituents is 1. The number of hydrogen-bond donors (Lipinski definition) is 3. The number of amides is 1. The molecule has 0 atom stereocenters. The largest absolute Gasteiger partial charge is 0.366 e. The molecule has 4 N–H and O–H groups in total. The normalized spacial score (nSPS) is 10.6. The van der Waals surface area contributed by atoms with E-state index in [2.05, 4.69) is 25.7 Å². The van der Waals surface area contributed by atoms with Crippen molar-refractivity contribution in [1.29, 1.82) is 0 Å². The number of nitrogens with two attached hydrogens (primary N) is 1. The number of non-ortho nitro benzene ring substituents is 1. The Morgan fingerprint density at radius 1 is 1.55 bits per heavy atom. The van der Waals surface area contributed by atoms with E-state index in [1.54, 1.807) is 6.07 Å². The van der Waals surface area contributed by atoms with E-state index >= 15 is 0 Å². The minimum Gasteiger partial charge on any atom is -0.366 e. The van der Waals surface area contributed by atoms with Crippen LogP contribution in [-0.2, 0) is 0 Å². The molecule has 1 amide bonds. The molecular formula is C10H9N7O3. The summed E-state index contributed by atoms with van der Waals surface area (Å²) in [4.78, 5) is 25.2. The zero-order valence-corrected chi connectivity index (χ0v) is 9.98. The number of carbonyl (C=O) groups excluding carboxylic acids is 1. The Balaban J connectivity index is 2.01. The zero-order chi connectivity index (χ0) is 14.5. The van der Waals surface area contributed by atoms with Gasteiger partial charge < -0.3 is 5.73 Å². The number of anilines is 1. The zero-order valence-electron chi connectivity index (χ0n) is 9.98. The highest BCUT2D eigenvalue weighted by Gasteiger charge is 2.09. The van der Waals surface area contributed by atoms with Crippen molar-refractivity contribution >= 4 is 23.8 Å². The summed E-state index contributed by atoms with van der Waals surface area (Å²) in [5, 5.41) is 20.0. The quantitative estimate of drug-likeness (QED) is 0.407. The molecule has 2 aromatic rings. The molecule has 1 aromatic heterocycles. The molecule has 0 unspecified atom stereocenters. The lowest BCUT2D eigenvalue weighted by atomic mass is 10.2. The average Bonchev–Trinajstić information content (AvgIpc) is 2.86. The molecule has 10 nitrogen and oxygen atoms in total. The van der Waals surface area contributed by atoms with Crippen LogP contribution in [0.25, 0.3) is 0 Å². The molecule has 102 valence electrons. The van der Waals surface area contributed by atoms with Gasteiger partial charge in [-0.25, -0.2) is 5.43 Å². The van der Waals surface area contributed by atoms with Crippen molar-refractivity contribution in [2.45, 2.75) is 0 Å². The number of hydrogen-bond acceptors (Lipinski definition) is 7. The molecular weight excluding hydrogens is 266 g/mol. The number of nitrogen functional groups attached to an aromatic ring is 1. The van der Waals surface area contributed by atoms with Gasteiger partial charge in [0.2, 0.25) is 11.8 Å². The number of rotatable bonds is 4. The van der Waals surface area contributed by atoms with Gasteiger partial charge in [-0.2, -0.15) is 10.1 Å². The summed E-state index contributed by atoms with van der Waals surface area (Å²) in [6.07, 6.45) is 1.27. The molecule has 1 aromatic carbocycles. The van der Waals surface area contributed by atoms with E-state index in [0.29, 0.717) is 5.56 Å². The number of aromatic nitrogens is 3. The number of carbonyl (C=O) groups is 1. The molecule has 0 fully saturated rings. The van der Waals surface area contributed by atoms with Crippen LogP contribution in [-0.4, -0.2) is 32.2 Å². The first-order valence-corrected chi connectivity index (χ1v) is 5.32. The minimum atomic E-state index is -0.629. The molecule has 0 saturated carbocycles. The molecule has 0 aliphatic rings. The fraction of sp³-hybridized carbons (Fsp3) is 0. The summed E-state index contributed by atoms with van der Waals surface area (Å²) in [6, 6.07) is 5.79. The van der Waals surface area contributed by atoms with Gasteiger partial charge in [-0.05, 0) is 0 Å². The van der Waals surface area contributed by atoms with E-state index in [1.165, 1.54) is 24.4 Å². The molecule has 1 heterocycles. The number of nitro groups is 1. The fourth-order valence-electron chi connectivity index (χ4n) is 1.31. The van der Waals surface area contributed by atoms with Crippen molar-refractivity contribution in [2.75, 3.05) is 5.73 Å². The molecule has 0 saturated heterocycles. The highest BCUT2D eigenvalue weighted by molar-refractivity contribution is 5.91. The van der Waals surface area contributed by atoms with Gasteiger partial charge in [0.25, 0.3) is 5.69 Å². The van der Waals surface area contributed by atoms with E-state index in [0.717, 1.165) is 0 Å². The van der Waals surface area contributed by atoms with Crippen LogP contribution in [0.1, 0.15) is 16.2 Å². The third-order valence-electron chi connectivity index (χ3n) is 2.18. The SMILES string of the molecule is Nc1n[nH]c(C(=O)N/N=C/c2cccc([N+](=O)[O-])c2)n1. The van der Waals surface area contributed by atoms with Crippen LogP contribution in [0.4, 0.5) is 11.6 Å². The predicted octanol–water partition coefficient (Wildman–Crippen LogP) is 0.0590. The van der Waals surface area contributed by atoms with Crippen molar-refractivity contribution in [3.8, 4) is 0 Å². The van der Waals surface area contributed by atoms with Crippen LogP contribution in [0.15, 0.2) is 29.4 Å². The molecule has 20 heavy (non-hydrogen) atoms. The van der Waals surface area contributed by atoms with Crippen LogP contribution in [0.2, 0.25) is 0 Å². The first kappa shape index (κ1) is 13.1. The monoisotopic (exact) mass is 275 g/mol. The summed E-state index contributed by atoms with van der Waals surface area (Å²) < 4.78 is 0. The number of nitrogens with zero attached hydrogens (tertiary/aromatic N) is 4. The minimum absolute atomic E-state index is 0.0576. The lowest BCUT2D eigenvalue weighted by molar-refractivity contribution is -0.384. The topological polar surface area (TPSA) is 152 Å². The maximum atomic E-state index is 11.5. The van der Waals surface area contributed by atoms with Gasteiger partial charge in [0, 0.05) is 17.7 Å². The highest BCUT2D eigenvalue weighted by atomic mass is 16.6. The predicted molar refractivity (Wildman–Crippen MR) is 69.0 cm³/mol. The molecule has 0 radical (unpaired) electrons. The van der Waals surface area contributed by atoms with E-state index < -0.39 is 10.8 Å². The molecule has 2 rings (SSSR count). The van der Waals surface area contributed by atoms with Gasteiger partial charge in [-0.15, -0.1) is 5.10 Å². The smallest absolute Gasteiger partial charge is 0.308 e. The van der Waals surface area contributed by atoms with Crippen LogP contribution < -0.4 is 11.2 Å². The number of benzene rings is 1. The van der Waals surface area contributed by atoms with Gasteiger partial charge in [0.15, 0.2) is 0 Å². The Hall–Kier alpha value is -3.30. The number of hydrazone groups is 1. The lowest BCUT2D eigenvalue weighted by Gasteiger charge is -1.95. The second kappa shape index (κ2) is 5.56. The third-order valence-corrected chi connectivity index (χ3v) is 2.18. The summed E-state index contributed by atoms with van der Waals surface area (Å²) >= 11 is 0. The van der Waals surface area contributed by atoms with Gasteiger partial charge in [0.05, 0.1) is 11.1 Å². The van der Waals surface area contributed by atoms with E-state index in [-0.39, 0.29) is 17.5 Å². The van der Waals surface area contributed by atoms with Crippen LogP contribution in [0, 0.1) is 10.1 Å². The van der Waals surface area contributed by atoms with Crippen LogP contribution in [0.5, 0.6) is 0 Å². The van der Waals surface area contributed by atoms with Crippen LogP contribution >= 0.6 is 0 Å². The lowest BCUT2D eigenvalue weighted by Crippen LogP contribution is -2.19. The standard InChI is InChI=1S/C10H9N7O3/c11-10-13-8(14-16-10)9(18)15-12-5-6-2-1-3-7(4-6)17(19)20/h1-5H,(H,15,18)(H3,11,13,14,16)/b12-5+. The summed E-state index contributed by atoms with van der Waals surface area (Å²) in [5.74, 6) is -0.771. The molecule has 0 spiro atoms. The number of nitrogens with one attached hydrogen (secondary N) is 2. The number of H-pyrrole nitrogens is 1. The van der Waals surface area contributed by atoms with Gasteiger partial charge in [-0.3, -0.25) is 20.0 Å². The van der Waals surface area contributed by atoms with Gasteiger partial charge in [0.1, 0.15) is 0 Å². The first-order chi connectivity index (χ1) is 9.56. The van der Waals surface area contributed by atoms with Gasteiger partial charge >= 0.3 is 5.91 Å². The van der Waals surface area contributed by atoms with Crippen molar-refractivity contribution < 1.29 is 9.72 Å². The highest BCUT2D eigenvalue weighted by Crippen LogP contribution is 2.11. The molecule has 0 bridgehead atoms. The fourth-order valence-corrected chi connectivity index (χ4v) is 1.31. The summed E-state index contributed by atoms with van der Waals surface area (Å²) in [6.45, 7) is 0. The Labute approximate surface area is 111 Å². The summed E-state index contributed by atoms with van der Waals surface area (Å²) in [5.41, 5.74) is 7.83. The first-order valence-electron chi connectivity index (χ1n) is 5.32. The maximum Gasteiger partial charge on any atom is 0.308 e. The van der Waals surface area contributed by atoms with Crippen molar-refractivity contribution in [2.24, 2.45) is 5.10 Å². The second-order valence-corrected chi connectivity index (χ2v) is 3.59. The molecule has 0 aliphatic carbocycles.